The Balaban J connectivity index is 1.47. The van der Waals surface area contributed by atoms with E-state index >= 15 is 0 Å². The van der Waals surface area contributed by atoms with Crippen LogP contribution in [0.2, 0.25) is 0 Å². The fourth-order valence-electron chi connectivity index (χ4n) is 3.70. The van der Waals surface area contributed by atoms with Crippen LogP contribution in [0.25, 0.3) is 22.3 Å². The van der Waals surface area contributed by atoms with E-state index in [1.807, 2.05) is 38.5 Å². The average Bonchev–Trinajstić information content (AvgIpc) is 3.22. The van der Waals surface area contributed by atoms with Crippen molar-refractivity contribution in [1.82, 2.24) is 24.8 Å². The number of hydrogen-bond donors (Lipinski definition) is 1. The average molecular weight is 412 g/mol. The summed E-state index contributed by atoms with van der Waals surface area (Å²) < 4.78 is 5.85. The maximum atomic E-state index is 5.85. The molecule has 0 saturated carbocycles. The van der Waals surface area contributed by atoms with E-state index in [9.17, 15) is 0 Å². The van der Waals surface area contributed by atoms with E-state index in [-0.39, 0.29) is 0 Å². The normalized spacial score (nSPS) is 13.3. The zero-order valence-electron chi connectivity index (χ0n) is 17.7. The number of rotatable bonds is 6. The number of H-pyrrole nitrogens is 1. The van der Waals surface area contributed by atoms with Gasteiger partial charge in [0.1, 0.15) is 23.7 Å². The lowest BCUT2D eigenvalue weighted by molar-refractivity contribution is 0.261. The van der Waals surface area contributed by atoms with E-state index in [0.717, 1.165) is 64.7 Å². The molecule has 5 heterocycles. The molecule has 5 rings (SSSR count). The summed E-state index contributed by atoms with van der Waals surface area (Å²) in [5, 5.41) is 1.07. The first-order valence-electron chi connectivity index (χ1n) is 10.4. The van der Waals surface area contributed by atoms with Crippen molar-refractivity contribution < 1.29 is 4.74 Å². The van der Waals surface area contributed by atoms with Crippen LogP contribution in [0, 0.1) is 0 Å². The summed E-state index contributed by atoms with van der Waals surface area (Å²) in [5.74, 6) is 0.745. The van der Waals surface area contributed by atoms with Gasteiger partial charge in [0.2, 0.25) is 0 Å². The van der Waals surface area contributed by atoms with Gasteiger partial charge in [0, 0.05) is 36.4 Å². The molecule has 0 aromatic carbocycles. The van der Waals surface area contributed by atoms with Gasteiger partial charge in [0.05, 0.1) is 23.3 Å². The molecular weight excluding hydrogens is 388 g/mol. The van der Waals surface area contributed by atoms with Crippen LogP contribution < -0.4 is 4.74 Å². The second kappa shape index (κ2) is 8.28. The summed E-state index contributed by atoms with van der Waals surface area (Å²) in [6, 6.07) is 12.3. The van der Waals surface area contributed by atoms with Gasteiger partial charge < -0.3 is 14.6 Å². The number of likely N-dealkylation sites (N-methyl/N-ethyl adjacent to an activating group) is 1. The van der Waals surface area contributed by atoms with E-state index < -0.39 is 0 Å². The highest BCUT2D eigenvalue weighted by Crippen LogP contribution is 2.26. The molecule has 0 saturated heterocycles. The number of aromatic amines is 1. The van der Waals surface area contributed by atoms with Crippen LogP contribution in [0.3, 0.4) is 0 Å². The van der Waals surface area contributed by atoms with Crippen molar-refractivity contribution in [3.63, 3.8) is 0 Å². The molecule has 7 nitrogen and oxygen atoms in total. The van der Waals surface area contributed by atoms with Crippen molar-refractivity contribution in [2.75, 3.05) is 33.8 Å². The smallest absolute Gasteiger partial charge is 0.138 e. The Morgan fingerprint density at radius 2 is 2.06 bits per heavy atom. The molecule has 0 fully saturated rings. The molecular formula is C24H24N6O. The van der Waals surface area contributed by atoms with Crippen LogP contribution in [0.1, 0.15) is 17.0 Å². The maximum absolute atomic E-state index is 5.85. The van der Waals surface area contributed by atoms with Gasteiger partial charge in [-0.25, -0.2) is 9.97 Å². The van der Waals surface area contributed by atoms with Crippen LogP contribution in [0.4, 0.5) is 0 Å². The van der Waals surface area contributed by atoms with Gasteiger partial charge in [-0.1, -0.05) is 6.07 Å². The molecule has 4 aromatic rings. The third-order valence-corrected chi connectivity index (χ3v) is 5.32. The summed E-state index contributed by atoms with van der Waals surface area (Å²) in [5.41, 5.74) is 6.57. The lowest BCUT2D eigenvalue weighted by Gasteiger charge is -2.16. The Hall–Kier alpha value is -3.58. The van der Waals surface area contributed by atoms with Crippen molar-refractivity contribution in [2.45, 2.75) is 6.42 Å². The van der Waals surface area contributed by atoms with Crippen LogP contribution in [-0.4, -0.2) is 64.3 Å². The first-order chi connectivity index (χ1) is 15.2. The minimum Gasteiger partial charge on any atom is -0.491 e. The zero-order valence-corrected chi connectivity index (χ0v) is 17.7. The van der Waals surface area contributed by atoms with Gasteiger partial charge >= 0.3 is 0 Å². The molecule has 0 radical (unpaired) electrons. The Bertz CT molecular complexity index is 1230. The lowest BCUT2D eigenvalue weighted by atomic mass is 10.00. The fraction of sp³-hybridized carbons (Fsp3) is 0.250. The fourth-order valence-corrected chi connectivity index (χ4v) is 3.70. The summed E-state index contributed by atoms with van der Waals surface area (Å²) in [7, 11) is 4.05. The van der Waals surface area contributed by atoms with Crippen LogP contribution >= 0.6 is 0 Å². The highest BCUT2D eigenvalue weighted by molar-refractivity contribution is 6.13. The third-order valence-electron chi connectivity index (χ3n) is 5.32. The first-order valence-corrected chi connectivity index (χ1v) is 10.4. The number of ether oxygens (including phenoxy) is 1. The Labute approximate surface area is 180 Å². The predicted molar refractivity (Wildman–Crippen MR) is 122 cm³/mol. The molecule has 1 aliphatic rings. The van der Waals surface area contributed by atoms with Gasteiger partial charge in [-0.3, -0.25) is 9.98 Å². The Kier molecular flexibility index (Phi) is 5.18. The SMILES string of the molecule is CN(C)CCOc1cncc(-c2ccc3c(n2)C(c2cc4cccnc4[nH]2)=NCC3)c1. The molecule has 4 aromatic heterocycles. The van der Waals surface area contributed by atoms with Gasteiger partial charge in [-0.05, 0) is 56.4 Å². The van der Waals surface area contributed by atoms with Crippen molar-refractivity contribution in [1.29, 1.82) is 0 Å². The Morgan fingerprint density at radius 1 is 1.13 bits per heavy atom. The standard InChI is InChI=1S/C24H24N6O/c1-30(2)10-11-31-19-12-18(14-25-15-19)20-6-5-16-7-9-26-23(22(16)28-20)21-13-17-4-3-8-27-24(17)29-21/h3-6,8,12-15H,7,9-11H2,1-2H3,(H,27,29). The van der Waals surface area contributed by atoms with Gasteiger partial charge in [-0.15, -0.1) is 0 Å². The second-order valence-corrected chi connectivity index (χ2v) is 7.87. The molecule has 7 heteroatoms. The van der Waals surface area contributed by atoms with Crippen LogP contribution in [0.5, 0.6) is 5.75 Å². The Morgan fingerprint density at radius 3 is 2.94 bits per heavy atom. The van der Waals surface area contributed by atoms with E-state index in [1.165, 1.54) is 5.56 Å². The minimum absolute atomic E-state index is 0.612. The second-order valence-electron chi connectivity index (χ2n) is 7.87. The predicted octanol–water partition coefficient (Wildman–Crippen LogP) is 3.35. The van der Waals surface area contributed by atoms with E-state index in [2.05, 4.69) is 38.1 Å². The lowest BCUT2D eigenvalue weighted by Crippen LogP contribution is -2.19. The van der Waals surface area contributed by atoms with Crippen LogP contribution in [-0.2, 0) is 6.42 Å². The maximum Gasteiger partial charge on any atom is 0.138 e. The highest BCUT2D eigenvalue weighted by atomic mass is 16.5. The number of aliphatic imine (C=N–C) groups is 1. The van der Waals surface area contributed by atoms with E-state index in [0.29, 0.717) is 6.61 Å². The number of aromatic nitrogens is 4. The summed E-state index contributed by atoms with van der Waals surface area (Å²) in [6.07, 6.45) is 6.23. The molecule has 0 aliphatic carbocycles. The minimum atomic E-state index is 0.612. The molecule has 0 bridgehead atoms. The molecule has 0 spiro atoms. The van der Waals surface area contributed by atoms with Crippen molar-refractivity contribution in [3.05, 3.63) is 71.9 Å². The summed E-state index contributed by atoms with van der Waals surface area (Å²) >= 11 is 0. The number of nitrogens with zero attached hydrogens (tertiary/aromatic N) is 5. The van der Waals surface area contributed by atoms with Gasteiger partial charge in [-0.2, -0.15) is 0 Å². The monoisotopic (exact) mass is 412 g/mol. The zero-order chi connectivity index (χ0) is 21.2. The summed E-state index contributed by atoms with van der Waals surface area (Å²) in [4.78, 5) is 24.0. The number of nitrogens with one attached hydrogen (secondary N) is 1. The third kappa shape index (κ3) is 4.04. The summed E-state index contributed by atoms with van der Waals surface area (Å²) in [6.45, 7) is 2.21. The van der Waals surface area contributed by atoms with Crippen molar-refractivity contribution in [2.24, 2.45) is 4.99 Å². The molecule has 1 aliphatic heterocycles. The van der Waals surface area contributed by atoms with Gasteiger partial charge in [0.25, 0.3) is 0 Å². The molecule has 0 atom stereocenters. The number of hydrogen-bond acceptors (Lipinski definition) is 6. The molecule has 31 heavy (non-hydrogen) atoms. The van der Waals surface area contributed by atoms with E-state index in [4.69, 9.17) is 14.7 Å². The molecule has 0 amide bonds. The quantitative estimate of drug-likeness (QED) is 0.525. The molecule has 156 valence electrons. The van der Waals surface area contributed by atoms with Crippen LogP contribution in [0.15, 0.2) is 60.0 Å². The molecule has 0 unspecified atom stereocenters. The van der Waals surface area contributed by atoms with E-state index in [1.54, 1.807) is 12.4 Å². The number of pyridine rings is 3. The largest absolute Gasteiger partial charge is 0.491 e. The highest BCUT2D eigenvalue weighted by Gasteiger charge is 2.20. The molecule has 1 N–H and O–H groups in total. The van der Waals surface area contributed by atoms with Gasteiger partial charge in [0.15, 0.2) is 0 Å². The van der Waals surface area contributed by atoms with Crippen molar-refractivity contribution in [3.8, 4) is 17.0 Å². The van der Waals surface area contributed by atoms with Crippen molar-refractivity contribution >= 4 is 16.7 Å². The topological polar surface area (TPSA) is 79.3 Å². The number of fused-ring (bicyclic) bond motifs is 2. The first kappa shape index (κ1) is 19.4.